The van der Waals surface area contributed by atoms with Crippen LogP contribution in [0.2, 0.25) is 0 Å². The Labute approximate surface area is 40.1 Å². The molecule has 1 heterocycles. The second-order valence-corrected chi connectivity index (χ2v) is 1.03. The Morgan fingerprint density at radius 3 is 3.00 bits per heavy atom. The molecular formula is C3H3FN2O. The highest BCUT2D eigenvalue weighted by Crippen LogP contribution is 1.94. The van der Waals surface area contributed by atoms with E-state index < -0.39 is 12.9 Å². The molecule has 1 unspecified atom stereocenters. The molecule has 0 aromatic carbocycles. The van der Waals surface area contributed by atoms with E-state index in [2.05, 4.69) is 21.6 Å². The molecule has 0 aliphatic carbocycles. The number of hydrogen-bond acceptors (Lipinski definition) is 2. The quantitative estimate of drug-likeness (QED) is 0.449. The first kappa shape index (κ1) is 4.36. The lowest BCUT2D eigenvalue weighted by Gasteiger charge is -1.96. The van der Waals surface area contributed by atoms with Gasteiger partial charge in [-0.25, -0.2) is 9.71 Å². The second kappa shape index (κ2) is 1.77. The van der Waals surface area contributed by atoms with E-state index in [1.54, 1.807) is 0 Å². The number of hydrogen-bond donors (Lipinski definition) is 0. The van der Waals surface area contributed by atoms with Gasteiger partial charge in [0.2, 0.25) is 12.6 Å². The monoisotopic (exact) mass is 102 g/mol. The van der Waals surface area contributed by atoms with Crippen LogP contribution in [0.1, 0.15) is 0 Å². The molecule has 2 radical (unpaired) electrons. The lowest BCUT2D eigenvalue weighted by molar-refractivity contribution is 0.0517. The molecule has 1 aliphatic rings. The molecular weight excluding hydrogens is 99.0 g/mol. The Morgan fingerprint density at radius 2 is 2.71 bits per heavy atom. The van der Waals surface area contributed by atoms with Gasteiger partial charge >= 0.3 is 0 Å². The SMILES string of the molecule is FCC1[N][C]=NO1. The molecule has 7 heavy (non-hydrogen) atoms. The predicted octanol–water partition coefficient (Wildman–Crippen LogP) is -0.263. The van der Waals surface area contributed by atoms with Gasteiger partial charge in [-0.1, -0.05) is 5.16 Å². The Hall–Kier alpha value is -0.800. The van der Waals surface area contributed by atoms with E-state index in [4.69, 9.17) is 0 Å². The summed E-state index contributed by atoms with van der Waals surface area (Å²) in [4.78, 5) is 4.27. The van der Waals surface area contributed by atoms with E-state index in [-0.39, 0.29) is 0 Å². The Balaban J connectivity index is 2.22. The van der Waals surface area contributed by atoms with Crippen LogP contribution < -0.4 is 5.32 Å². The molecule has 3 nitrogen and oxygen atoms in total. The van der Waals surface area contributed by atoms with Crippen molar-refractivity contribution in [3.8, 4) is 0 Å². The normalized spacial score (nSPS) is 26.7. The number of nitrogens with zero attached hydrogens (tertiary/aromatic N) is 2. The summed E-state index contributed by atoms with van der Waals surface area (Å²) in [5.74, 6) is 0. The van der Waals surface area contributed by atoms with Crippen LogP contribution in [-0.4, -0.2) is 19.2 Å². The minimum atomic E-state index is -0.722. The second-order valence-electron chi connectivity index (χ2n) is 1.03. The van der Waals surface area contributed by atoms with Crippen molar-refractivity contribution in [2.75, 3.05) is 6.67 Å². The fourth-order valence-electron chi connectivity index (χ4n) is 0.259. The summed E-state index contributed by atoms with van der Waals surface area (Å²) in [6.45, 7) is -0.628. The smallest absolute Gasteiger partial charge is 0.247 e. The van der Waals surface area contributed by atoms with Crippen LogP contribution in [0, 0.1) is 0 Å². The summed E-state index contributed by atoms with van der Waals surface area (Å²) >= 11 is 0. The third kappa shape index (κ3) is 0.792. The molecule has 0 spiro atoms. The average Bonchev–Trinajstić information content (AvgIpc) is 2.14. The van der Waals surface area contributed by atoms with Gasteiger partial charge in [-0.05, 0) is 0 Å². The predicted molar refractivity (Wildman–Crippen MR) is 20.4 cm³/mol. The zero-order valence-electron chi connectivity index (χ0n) is 3.47. The first-order chi connectivity index (χ1) is 3.43. The summed E-state index contributed by atoms with van der Waals surface area (Å²) in [5, 5.41) is 6.42. The minimum Gasteiger partial charge on any atom is -0.364 e. The standard InChI is InChI=1S/C3H3FN2O/c4-1-3-5-2-6-7-3/h3H,1H2. The fraction of sp³-hybridized carbons (Fsp3) is 0.667. The topological polar surface area (TPSA) is 35.7 Å². The molecule has 0 amide bonds. The van der Waals surface area contributed by atoms with E-state index in [1.165, 1.54) is 0 Å². The van der Waals surface area contributed by atoms with Crippen LogP contribution >= 0.6 is 0 Å². The van der Waals surface area contributed by atoms with E-state index >= 15 is 0 Å². The van der Waals surface area contributed by atoms with E-state index in [1.807, 2.05) is 0 Å². The highest BCUT2D eigenvalue weighted by molar-refractivity contribution is 5.54. The van der Waals surface area contributed by atoms with E-state index in [9.17, 15) is 4.39 Å². The molecule has 0 saturated carbocycles. The van der Waals surface area contributed by atoms with Crippen LogP contribution in [0.15, 0.2) is 5.16 Å². The van der Waals surface area contributed by atoms with Crippen molar-refractivity contribution in [1.82, 2.24) is 5.32 Å². The van der Waals surface area contributed by atoms with E-state index in [0.29, 0.717) is 0 Å². The Morgan fingerprint density at radius 1 is 1.86 bits per heavy atom. The fourth-order valence-corrected chi connectivity index (χ4v) is 0.259. The maximum absolute atomic E-state index is 11.4. The van der Waals surface area contributed by atoms with Gasteiger partial charge in [-0.15, -0.1) is 0 Å². The maximum Gasteiger partial charge on any atom is 0.247 e. The molecule has 1 atom stereocenters. The first-order valence-corrected chi connectivity index (χ1v) is 1.80. The molecule has 0 bridgehead atoms. The highest BCUT2D eigenvalue weighted by atomic mass is 19.1. The largest absolute Gasteiger partial charge is 0.364 e. The summed E-state index contributed by atoms with van der Waals surface area (Å²) < 4.78 is 11.4. The summed E-state index contributed by atoms with van der Waals surface area (Å²) in [5.41, 5.74) is 0. The number of alkyl halides is 1. The van der Waals surface area contributed by atoms with Crippen molar-refractivity contribution in [3.05, 3.63) is 0 Å². The van der Waals surface area contributed by atoms with Crippen molar-refractivity contribution in [3.63, 3.8) is 0 Å². The first-order valence-electron chi connectivity index (χ1n) is 1.80. The van der Waals surface area contributed by atoms with Crippen molar-refractivity contribution in [2.24, 2.45) is 5.16 Å². The maximum atomic E-state index is 11.4. The molecule has 1 rings (SSSR count). The van der Waals surface area contributed by atoms with Gasteiger partial charge < -0.3 is 4.84 Å². The van der Waals surface area contributed by atoms with Crippen LogP contribution in [0.5, 0.6) is 0 Å². The van der Waals surface area contributed by atoms with E-state index in [0.717, 1.165) is 0 Å². The molecule has 38 valence electrons. The van der Waals surface area contributed by atoms with Crippen molar-refractivity contribution < 1.29 is 9.23 Å². The average molecular weight is 102 g/mol. The zero-order chi connectivity index (χ0) is 5.11. The molecule has 0 N–H and O–H groups in total. The van der Waals surface area contributed by atoms with Crippen molar-refractivity contribution in [2.45, 2.75) is 6.23 Å². The highest BCUT2D eigenvalue weighted by Gasteiger charge is 2.12. The van der Waals surface area contributed by atoms with Gasteiger partial charge in [0.05, 0.1) is 0 Å². The number of halogens is 1. The van der Waals surface area contributed by atoms with Gasteiger partial charge in [-0.3, -0.25) is 0 Å². The van der Waals surface area contributed by atoms with Gasteiger partial charge in [0, 0.05) is 0 Å². The van der Waals surface area contributed by atoms with Crippen LogP contribution in [0.4, 0.5) is 4.39 Å². The molecule has 0 fully saturated rings. The molecule has 0 aromatic rings. The molecule has 4 heteroatoms. The van der Waals surface area contributed by atoms with Gasteiger partial charge in [0.25, 0.3) is 0 Å². The lowest BCUT2D eigenvalue weighted by Crippen LogP contribution is -2.18. The minimum absolute atomic E-state index is 0.628. The van der Waals surface area contributed by atoms with Crippen molar-refractivity contribution in [1.29, 1.82) is 0 Å². The third-order valence-electron chi connectivity index (χ3n) is 0.549. The van der Waals surface area contributed by atoms with Gasteiger partial charge in [0.15, 0.2) is 0 Å². The van der Waals surface area contributed by atoms with Crippen LogP contribution in [0.25, 0.3) is 0 Å². The van der Waals surface area contributed by atoms with Crippen molar-refractivity contribution >= 4 is 6.34 Å². The Kier molecular flexibility index (Phi) is 1.10. The summed E-state index contributed by atoms with van der Waals surface area (Å²) in [6, 6.07) is 0. The Bertz CT molecular complexity index is 77.0. The summed E-state index contributed by atoms with van der Waals surface area (Å²) in [7, 11) is 0. The molecule has 1 aliphatic heterocycles. The van der Waals surface area contributed by atoms with Gasteiger partial charge in [0.1, 0.15) is 6.67 Å². The molecule has 0 aromatic heterocycles. The van der Waals surface area contributed by atoms with Crippen LogP contribution in [-0.2, 0) is 4.84 Å². The molecule has 0 saturated heterocycles. The van der Waals surface area contributed by atoms with Crippen LogP contribution in [0.3, 0.4) is 0 Å². The number of rotatable bonds is 1. The zero-order valence-corrected chi connectivity index (χ0v) is 3.47. The summed E-state index contributed by atoms with van der Waals surface area (Å²) in [6.07, 6.45) is 1.39. The lowest BCUT2D eigenvalue weighted by atomic mass is 10.6. The van der Waals surface area contributed by atoms with Gasteiger partial charge in [-0.2, -0.15) is 0 Å². The third-order valence-corrected chi connectivity index (χ3v) is 0.549.